The van der Waals surface area contributed by atoms with Crippen LogP contribution in [0.4, 0.5) is 0 Å². The smallest absolute Gasteiger partial charge is 0.326 e. The minimum atomic E-state index is -1.15. The van der Waals surface area contributed by atoms with Gasteiger partial charge in [0, 0.05) is 5.75 Å². The van der Waals surface area contributed by atoms with Crippen molar-refractivity contribution < 1.29 is 19.8 Å². The van der Waals surface area contributed by atoms with Gasteiger partial charge in [0.05, 0.1) is 0 Å². The van der Waals surface area contributed by atoms with Crippen LogP contribution in [0.3, 0.4) is 0 Å². The Hall–Kier alpha value is -0.400. The number of nitrogens with one attached hydrogen (secondary N) is 1. The summed E-state index contributed by atoms with van der Waals surface area (Å²) in [5.74, 6) is -0.780. The van der Waals surface area contributed by atoms with Crippen LogP contribution in [0.2, 0.25) is 0 Å². The standard InChI is InChI=1S/C9H17NO4S2/c1-15-4-3-6(9(13)14)10-8(12)7(11)5-16-2/h6-7,11H,3-5H2,1-2H3,(H,10,12)(H,13,14)/t6-,7-/m0/s1. The maximum absolute atomic E-state index is 11.4. The van der Waals surface area contributed by atoms with Crippen molar-refractivity contribution in [1.82, 2.24) is 5.32 Å². The first-order valence-electron chi connectivity index (χ1n) is 4.72. The van der Waals surface area contributed by atoms with Gasteiger partial charge in [-0.15, -0.1) is 0 Å². The zero-order valence-corrected chi connectivity index (χ0v) is 10.9. The molecule has 0 unspecified atom stereocenters. The van der Waals surface area contributed by atoms with Crippen molar-refractivity contribution in [3.63, 3.8) is 0 Å². The summed E-state index contributed by atoms with van der Waals surface area (Å²) in [5.41, 5.74) is 0. The summed E-state index contributed by atoms with van der Waals surface area (Å²) in [5, 5.41) is 20.5. The molecule has 0 heterocycles. The first kappa shape index (κ1) is 15.6. The molecule has 0 aromatic carbocycles. The van der Waals surface area contributed by atoms with Gasteiger partial charge >= 0.3 is 5.97 Å². The summed E-state index contributed by atoms with van der Waals surface area (Å²) >= 11 is 2.84. The lowest BCUT2D eigenvalue weighted by molar-refractivity contribution is -0.143. The molecule has 0 aromatic rings. The predicted octanol–water partition coefficient (Wildman–Crippen LogP) is 0.0328. The molecule has 3 N–H and O–H groups in total. The molecule has 0 spiro atoms. The van der Waals surface area contributed by atoms with E-state index in [0.29, 0.717) is 12.2 Å². The van der Waals surface area contributed by atoms with E-state index in [1.165, 1.54) is 23.5 Å². The third kappa shape index (κ3) is 6.24. The van der Waals surface area contributed by atoms with Crippen molar-refractivity contribution in [2.24, 2.45) is 0 Å². The minimum Gasteiger partial charge on any atom is -0.480 e. The molecule has 94 valence electrons. The number of carboxylic acid groups (broad SMARTS) is 1. The number of aliphatic hydroxyl groups is 1. The first-order chi connectivity index (χ1) is 7.52. The van der Waals surface area contributed by atoms with E-state index >= 15 is 0 Å². The van der Waals surface area contributed by atoms with Gasteiger partial charge in [-0.25, -0.2) is 4.79 Å². The minimum absolute atomic E-state index is 0.265. The Bertz CT molecular complexity index is 238. The van der Waals surface area contributed by atoms with Crippen LogP contribution >= 0.6 is 23.5 Å². The second-order valence-corrected chi connectivity index (χ2v) is 5.05. The van der Waals surface area contributed by atoms with Crippen molar-refractivity contribution in [2.45, 2.75) is 18.6 Å². The molecule has 0 aliphatic heterocycles. The monoisotopic (exact) mass is 267 g/mol. The second-order valence-electron chi connectivity index (χ2n) is 3.15. The van der Waals surface area contributed by atoms with E-state index in [1.54, 1.807) is 6.26 Å². The summed E-state index contributed by atoms with van der Waals surface area (Å²) in [7, 11) is 0. The summed E-state index contributed by atoms with van der Waals surface area (Å²) < 4.78 is 0. The van der Waals surface area contributed by atoms with E-state index in [0.717, 1.165) is 0 Å². The summed E-state index contributed by atoms with van der Waals surface area (Å²) in [6.45, 7) is 0. The van der Waals surface area contributed by atoms with Crippen molar-refractivity contribution >= 4 is 35.4 Å². The van der Waals surface area contributed by atoms with Crippen LogP contribution in [0.15, 0.2) is 0 Å². The van der Waals surface area contributed by atoms with Gasteiger partial charge in [0.15, 0.2) is 0 Å². The van der Waals surface area contributed by atoms with Gasteiger partial charge in [0.1, 0.15) is 12.1 Å². The molecule has 1 amide bonds. The predicted molar refractivity (Wildman–Crippen MR) is 67.0 cm³/mol. The van der Waals surface area contributed by atoms with Crippen LogP contribution in [0.25, 0.3) is 0 Å². The lowest BCUT2D eigenvalue weighted by atomic mass is 10.2. The zero-order valence-electron chi connectivity index (χ0n) is 9.30. The van der Waals surface area contributed by atoms with Gasteiger partial charge in [-0.2, -0.15) is 23.5 Å². The van der Waals surface area contributed by atoms with Gasteiger partial charge in [-0.3, -0.25) is 4.79 Å². The van der Waals surface area contributed by atoms with Gasteiger partial charge in [0.2, 0.25) is 5.91 Å². The van der Waals surface area contributed by atoms with E-state index in [2.05, 4.69) is 5.32 Å². The molecule has 0 aromatic heterocycles. The summed E-state index contributed by atoms with van der Waals surface area (Å²) in [4.78, 5) is 22.2. The molecule has 16 heavy (non-hydrogen) atoms. The molecule has 0 rings (SSSR count). The van der Waals surface area contributed by atoms with E-state index in [1.807, 2.05) is 6.26 Å². The molecule has 0 saturated heterocycles. The molecule has 0 saturated carbocycles. The van der Waals surface area contributed by atoms with Gasteiger partial charge in [-0.05, 0) is 24.7 Å². The van der Waals surface area contributed by atoms with Crippen molar-refractivity contribution in [3.05, 3.63) is 0 Å². The van der Waals surface area contributed by atoms with Gasteiger partial charge < -0.3 is 15.5 Å². The van der Waals surface area contributed by atoms with Crippen LogP contribution in [-0.2, 0) is 9.59 Å². The molecule has 5 nitrogen and oxygen atoms in total. The van der Waals surface area contributed by atoms with Crippen molar-refractivity contribution in [3.8, 4) is 0 Å². The van der Waals surface area contributed by atoms with E-state index < -0.39 is 24.0 Å². The highest BCUT2D eigenvalue weighted by molar-refractivity contribution is 7.98. The topological polar surface area (TPSA) is 86.6 Å². The van der Waals surface area contributed by atoms with Gasteiger partial charge in [-0.1, -0.05) is 0 Å². The van der Waals surface area contributed by atoms with Crippen LogP contribution in [0, 0.1) is 0 Å². The summed E-state index contributed by atoms with van der Waals surface area (Å²) in [6.07, 6.45) is 2.84. The van der Waals surface area contributed by atoms with Crippen LogP contribution in [0.1, 0.15) is 6.42 Å². The lowest BCUT2D eigenvalue weighted by Crippen LogP contribution is -2.46. The maximum atomic E-state index is 11.4. The van der Waals surface area contributed by atoms with Crippen molar-refractivity contribution in [1.29, 1.82) is 0 Å². The number of thioether (sulfide) groups is 2. The molecular weight excluding hydrogens is 250 g/mol. The number of rotatable bonds is 8. The van der Waals surface area contributed by atoms with E-state index in [4.69, 9.17) is 5.11 Å². The third-order valence-electron chi connectivity index (χ3n) is 1.85. The first-order valence-corrected chi connectivity index (χ1v) is 7.50. The van der Waals surface area contributed by atoms with Crippen LogP contribution in [-0.4, -0.2) is 58.3 Å². The highest BCUT2D eigenvalue weighted by Crippen LogP contribution is 2.03. The Morgan fingerprint density at radius 2 is 1.94 bits per heavy atom. The molecule has 0 bridgehead atoms. The fraction of sp³-hybridized carbons (Fsp3) is 0.778. The second kappa shape index (κ2) is 8.72. The highest BCUT2D eigenvalue weighted by atomic mass is 32.2. The number of carboxylic acids is 1. The molecule has 0 fully saturated rings. The molecule has 0 aliphatic carbocycles. The molecule has 7 heteroatoms. The Labute approximate surface area is 103 Å². The lowest BCUT2D eigenvalue weighted by Gasteiger charge is -2.16. The average Bonchev–Trinajstić information content (AvgIpc) is 2.23. The normalized spacial score (nSPS) is 14.2. The Morgan fingerprint density at radius 1 is 1.31 bits per heavy atom. The van der Waals surface area contributed by atoms with Crippen molar-refractivity contribution in [2.75, 3.05) is 24.0 Å². The number of hydrogen-bond donors (Lipinski definition) is 3. The Morgan fingerprint density at radius 3 is 2.38 bits per heavy atom. The maximum Gasteiger partial charge on any atom is 0.326 e. The van der Waals surface area contributed by atoms with Crippen LogP contribution < -0.4 is 5.32 Å². The summed E-state index contributed by atoms with van der Waals surface area (Å²) in [6, 6.07) is -0.920. The Kier molecular flexibility index (Phi) is 8.50. The fourth-order valence-corrected chi connectivity index (χ4v) is 1.93. The fourth-order valence-electron chi connectivity index (χ4n) is 0.995. The number of amides is 1. The molecule has 2 atom stereocenters. The average molecular weight is 267 g/mol. The van der Waals surface area contributed by atoms with Gasteiger partial charge in [0.25, 0.3) is 0 Å². The SMILES string of the molecule is CSCC[C@H](NC(=O)[C@@H](O)CSC)C(=O)O. The largest absolute Gasteiger partial charge is 0.480 e. The zero-order chi connectivity index (χ0) is 12.6. The number of carbonyl (C=O) groups is 2. The molecular formula is C9H17NO4S2. The quantitative estimate of drug-likeness (QED) is 0.575. The van der Waals surface area contributed by atoms with E-state index in [9.17, 15) is 14.7 Å². The number of carbonyl (C=O) groups excluding carboxylic acids is 1. The number of aliphatic hydroxyl groups excluding tert-OH is 1. The number of aliphatic carboxylic acids is 1. The Balaban J connectivity index is 4.17. The molecule has 0 aliphatic rings. The van der Waals surface area contributed by atoms with Crippen LogP contribution in [0.5, 0.6) is 0 Å². The van der Waals surface area contributed by atoms with E-state index in [-0.39, 0.29) is 5.75 Å². The third-order valence-corrected chi connectivity index (χ3v) is 3.15. The highest BCUT2D eigenvalue weighted by Gasteiger charge is 2.23. The molecule has 0 radical (unpaired) electrons. The number of hydrogen-bond acceptors (Lipinski definition) is 5.